The van der Waals surface area contributed by atoms with E-state index >= 15 is 0 Å². The molecule has 0 amide bonds. The largest absolute Gasteiger partial charge is 0.291 e. The minimum atomic E-state index is -0.603. The fourth-order valence-corrected chi connectivity index (χ4v) is 1.74. The summed E-state index contributed by atoms with van der Waals surface area (Å²) < 4.78 is 0.949. The van der Waals surface area contributed by atoms with Gasteiger partial charge >= 0.3 is 0 Å². The summed E-state index contributed by atoms with van der Waals surface area (Å²) in [6.07, 6.45) is 3.90. The highest BCUT2D eigenvalue weighted by Crippen LogP contribution is 2.19. The van der Waals surface area contributed by atoms with Crippen LogP contribution < -0.4 is 5.56 Å². The van der Waals surface area contributed by atoms with Crippen LogP contribution in [0.3, 0.4) is 0 Å². The lowest BCUT2D eigenvalue weighted by atomic mass is 10.2. The average Bonchev–Trinajstić information content (AvgIpc) is 2.44. The SMILES string of the molecule is O=c1c(Cl)c(Cl)cnn1/C=C/c1ccccc1[N+](=O)[O-]. The molecule has 1 aromatic heterocycles. The summed E-state index contributed by atoms with van der Waals surface area (Å²) >= 11 is 11.3. The zero-order valence-electron chi connectivity index (χ0n) is 9.86. The van der Waals surface area contributed by atoms with Crippen molar-refractivity contribution in [3.05, 3.63) is 66.5 Å². The first-order chi connectivity index (χ1) is 9.50. The van der Waals surface area contributed by atoms with Crippen molar-refractivity contribution in [2.45, 2.75) is 0 Å². The number of hydrogen-bond acceptors (Lipinski definition) is 4. The number of aromatic nitrogens is 2. The molecule has 0 unspecified atom stereocenters. The van der Waals surface area contributed by atoms with Gasteiger partial charge in [-0.05, 0) is 12.1 Å². The highest BCUT2D eigenvalue weighted by molar-refractivity contribution is 6.41. The Morgan fingerprint density at radius 2 is 2.00 bits per heavy atom. The molecular weight excluding hydrogens is 305 g/mol. The van der Waals surface area contributed by atoms with Crippen LogP contribution in [0.2, 0.25) is 10.0 Å². The Balaban J connectivity index is 2.43. The third-order valence-corrected chi connectivity index (χ3v) is 3.18. The fraction of sp³-hybridized carbons (Fsp3) is 0. The monoisotopic (exact) mass is 311 g/mol. The lowest BCUT2D eigenvalue weighted by Gasteiger charge is -2.00. The van der Waals surface area contributed by atoms with E-state index in [1.54, 1.807) is 18.2 Å². The lowest BCUT2D eigenvalue weighted by molar-refractivity contribution is -0.385. The van der Waals surface area contributed by atoms with Crippen LogP contribution >= 0.6 is 23.2 Å². The molecule has 0 spiro atoms. The summed E-state index contributed by atoms with van der Waals surface area (Å²) in [5.41, 5.74) is -0.330. The van der Waals surface area contributed by atoms with Gasteiger partial charge < -0.3 is 0 Å². The molecule has 0 radical (unpaired) electrons. The van der Waals surface area contributed by atoms with Gasteiger partial charge in [0.25, 0.3) is 11.2 Å². The number of hydrogen-bond donors (Lipinski definition) is 0. The highest BCUT2D eigenvalue weighted by atomic mass is 35.5. The summed E-state index contributed by atoms with van der Waals surface area (Å²) in [5, 5.41) is 14.5. The van der Waals surface area contributed by atoms with Crippen molar-refractivity contribution in [2.24, 2.45) is 0 Å². The summed E-state index contributed by atoms with van der Waals surface area (Å²) in [5.74, 6) is 0. The maximum absolute atomic E-state index is 11.7. The van der Waals surface area contributed by atoms with Gasteiger partial charge in [0, 0.05) is 12.3 Å². The van der Waals surface area contributed by atoms with E-state index in [1.165, 1.54) is 24.5 Å². The number of benzene rings is 1. The molecule has 0 aliphatic heterocycles. The second-order valence-electron chi connectivity index (χ2n) is 3.69. The maximum atomic E-state index is 11.7. The van der Waals surface area contributed by atoms with Crippen molar-refractivity contribution < 1.29 is 4.92 Å². The van der Waals surface area contributed by atoms with Gasteiger partial charge in [-0.25, -0.2) is 4.68 Å². The smallest absolute Gasteiger partial charge is 0.266 e. The van der Waals surface area contributed by atoms with E-state index in [1.807, 2.05) is 0 Å². The molecule has 0 saturated carbocycles. The second-order valence-corrected chi connectivity index (χ2v) is 4.47. The predicted molar refractivity (Wildman–Crippen MR) is 76.8 cm³/mol. The van der Waals surface area contributed by atoms with Crippen LogP contribution in [0.25, 0.3) is 12.3 Å². The quantitative estimate of drug-likeness (QED) is 0.644. The van der Waals surface area contributed by atoms with Crippen LogP contribution in [0.1, 0.15) is 5.56 Å². The molecule has 0 aliphatic rings. The fourth-order valence-electron chi connectivity index (χ4n) is 1.48. The third-order valence-electron chi connectivity index (χ3n) is 2.43. The van der Waals surface area contributed by atoms with Crippen molar-refractivity contribution in [3.8, 4) is 0 Å². The Kier molecular flexibility index (Phi) is 4.16. The Bertz CT molecular complexity index is 756. The van der Waals surface area contributed by atoms with Gasteiger partial charge in [-0.1, -0.05) is 35.3 Å². The Morgan fingerprint density at radius 3 is 2.70 bits per heavy atom. The molecule has 1 heterocycles. The van der Waals surface area contributed by atoms with Crippen molar-refractivity contribution in [1.29, 1.82) is 0 Å². The Labute approximate surface area is 123 Å². The minimum absolute atomic E-state index is 0.0482. The Morgan fingerprint density at radius 1 is 1.30 bits per heavy atom. The van der Waals surface area contributed by atoms with Gasteiger partial charge in [-0.3, -0.25) is 14.9 Å². The number of nitro groups is 1. The molecule has 8 heteroatoms. The number of nitrogens with zero attached hydrogens (tertiary/aromatic N) is 3. The van der Waals surface area contributed by atoms with Gasteiger partial charge in [0.2, 0.25) is 0 Å². The van der Waals surface area contributed by atoms with E-state index in [9.17, 15) is 14.9 Å². The molecule has 0 atom stereocenters. The van der Waals surface area contributed by atoms with E-state index < -0.39 is 10.5 Å². The van der Waals surface area contributed by atoms with Gasteiger partial charge in [0.15, 0.2) is 0 Å². The van der Waals surface area contributed by atoms with E-state index in [0.29, 0.717) is 5.56 Å². The van der Waals surface area contributed by atoms with Crippen LogP contribution in [-0.4, -0.2) is 14.7 Å². The number of halogens is 2. The van der Waals surface area contributed by atoms with Crippen molar-refractivity contribution >= 4 is 41.2 Å². The topological polar surface area (TPSA) is 78.0 Å². The lowest BCUT2D eigenvalue weighted by Crippen LogP contribution is -2.18. The molecule has 20 heavy (non-hydrogen) atoms. The Hall–Kier alpha value is -2.18. The third kappa shape index (κ3) is 2.87. The van der Waals surface area contributed by atoms with E-state index in [0.717, 1.165) is 4.68 Å². The van der Waals surface area contributed by atoms with E-state index in [4.69, 9.17) is 23.2 Å². The summed E-state index contributed by atoms with van der Waals surface area (Å²) in [6.45, 7) is 0. The molecule has 102 valence electrons. The first-order valence-corrected chi connectivity index (χ1v) is 6.10. The van der Waals surface area contributed by atoms with Gasteiger partial charge in [0.1, 0.15) is 5.02 Å². The zero-order valence-corrected chi connectivity index (χ0v) is 11.4. The van der Waals surface area contributed by atoms with Gasteiger partial charge in [-0.2, -0.15) is 5.10 Å². The molecule has 6 nitrogen and oxygen atoms in total. The van der Waals surface area contributed by atoms with Crippen molar-refractivity contribution in [2.75, 3.05) is 0 Å². The summed E-state index contributed by atoms with van der Waals surface area (Å²) in [4.78, 5) is 22.1. The van der Waals surface area contributed by atoms with Crippen molar-refractivity contribution in [1.82, 2.24) is 9.78 Å². The van der Waals surface area contributed by atoms with Crippen LogP contribution in [0.4, 0.5) is 5.69 Å². The molecule has 2 aromatic rings. The van der Waals surface area contributed by atoms with Gasteiger partial charge in [0.05, 0.1) is 21.7 Å². The van der Waals surface area contributed by atoms with Crippen molar-refractivity contribution in [3.63, 3.8) is 0 Å². The van der Waals surface area contributed by atoms with E-state index in [2.05, 4.69) is 5.10 Å². The molecule has 0 aliphatic carbocycles. The number of para-hydroxylation sites is 1. The molecule has 0 fully saturated rings. The molecular formula is C12H7Cl2N3O3. The predicted octanol–water partition coefficient (Wildman–Crippen LogP) is 3.09. The van der Waals surface area contributed by atoms with Crippen LogP contribution in [0.15, 0.2) is 35.3 Å². The normalized spacial score (nSPS) is 10.9. The average molecular weight is 312 g/mol. The molecule has 0 bridgehead atoms. The van der Waals surface area contributed by atoms with Gasteiger partial charge in [-0.15, -0.1) is 0 Å². The van der Waals surface area contributed by atoms with Crippen LogP contribution in [0, 0.1) is 10.1 Å². The minimum Gasteiger partial charge on any atom is -0.266 e. The molecule has 2 rings (SSSR count). The maximum Gasteiger partial charge on any atom is 0.291 e. The van der Waals surface area contributed by atoms with Crippen LogP contribution in [-0.2, 0) is 0 Å². The number of rotatable bonds is 3. The molecule has 1 aromatic carbocycles. The first-order valence-electron chi connectivity index (χ1n) is 5.35. The van der Waals surface area contributed by atoms with Crippen LogP contribution in [0.5, 0.6) is 0 Å². The molecule has 0 N–H and O–H groups in total. The highest BCUT2D eigenvalue weighted by Gasteiger charge is 2.10. The standard InChI is InChI=1S/C12H7Cl2N3O3/c13-9-7-15-16(12(18)11(9)14)6-5-8-3-1-2-4-10(8)17(19)20/h1-7H/b6-5+. The second kappa shape index (κ2) is 5.85. The molecule has 0 saturated heterocycles. The first kappa shape index (κ1) is 14.2. The zero-order chi connectivity index (χ0) is 14.7. The van der Waals surface area contributed by atoms with E-state index in [-0.39, 0.29) is 15.7 Å². The number of nitro benzene ring substituents is 1. The summed E-state index contributed by atoms with van der Waals surface area (Å²) in [7, 11) is 0. The summed E-state index contributed by atoms with van der Waals surface area (Å²) in [6, 6.07) is 6.12.